The molecule has 0 aliphatic rings. The maximum atomic E-state index is 11.3. The normalized spacial score (nSPS) is 15.1. The van der Waals surface area contributed by atoms with Gasteiger partial charge in [0.05, 0.1) is 0 Å². The number of nitrogens with one attached hydrogen (secondary N) is 1. The van der Waals surface area contributed by atoms with Gasteiger partial charge in [0.15, 0.2) is 0 Å². The molecule has 1 amide bonds. The fourth-order valence-electron chi connectivity index (χ4n) is 1.03. The summed E-state index contributed by atoms with van der Waals surface area (Å²) in [5.74, 6) is 1.22. The summed E-state index contributed by atoms with van der Waals surface area (Å²) in [6.07, 6.45) is 2.52. The van der Waals surface area contributed by atoms with E-state index in [9.17, 15) is 4.79 Å². The first-order valence-corrected chi connectivity index (χ1v) is 5.48. The third kappa shape index (κ3) is 6.88. The molecule has 0 aliphatic carbocycles. The van der Waals surface area contributed by atoms with E-state index < -0.39 is 0 Å². The second-order valence-electron chi connectivity index (χ2n) is 3.66. The number of hydrogen-bond acceptors (Lipinski definition) is 1. The lowest BCUT2D eigenvalue weighted by atomic mass is 10.0. The molecule has 0 aromatic rings. The van der Waals surface area contributed by atoms with Crippen molar-refractivity contribution in [1.29, 1.82) is 0 Å². The van der Waals surface area contributed by atoms with Crippen LogP contribution in [-0.4, -0.2) is 17.8 Å². The Morgan fingerprint density at radius 3 is 2.54 bits per heavy atom. The fraction of sp³-hybridized carbons (Fsp3) is 0.900. The van der Waals surface area contributed by atoms with Crippen molar-refractivity contribution < 1.29 is 4.79 Å². The number of carbonyl (C=O) groups excluding carboxylic acids is 1. The molecule has 2 unspecified atom stereocenters. The summed E-state index contributed by atoms with van der Waals surface area (Å²) in [5.41, 5.74) is 0. The molecular weight excluding hydrogens is 186 g/mol. The molecule has 0 fully saturated rings. The Labute approximate surface area is 86.0 Å². The van der Waals surface area contributed by atoms with E-state index in [1.54, 1.807) is 0 Å². The maximum Gasteiger partial charge on any atom is 0.220 e. The van der Waals surface area contributed by atoms with Crippen molar-refractivity contribution in [3.05, 3.63) is 0 Å². The Hall–Kier alpha value is -0.240. The van der Waals surface area contributed by atoms with Gasteiger partial charge in [0.25, 0.3) is 0 Å². The second kappa shape index (κ2) is 7.19. The number of halogens is 1. The minimum Gasteiger partial charge on any atom is -0.354 e. The summed E-state index contributed by atoms with van der Waals surface area (Å²) in [7, 11) is 0. The Morgan fingerprint density at radius 2 is 2.08 bits per heavy atom. The van der Waals surface area contributed by atoms with E-state index in [1.807, 2.05) is 6.92 Å². The molecule has 2 atom stereocenters. The Balaban J connectivity index is 3.61. The lowest BCUT2D eigenvalue weighted by Crippen LogP contribution is -2.33. The first-order chi connectivity index (χ1) is 6.10. The largest absolute Gasteiger partial charge is 0.354 e. The lowest BCUT2D eigenvalue weighted by molar-refractivity contribution is -0.122. The van der Waals surface area contributed by atoms with Gasteiger partial charge in [0, 0.05) is 18.3 Å². The molecule has 0 rings (SSSR count). The highest BCUT2D eigenvalue weighted by Gasteiger charge is 2.09. The van der Waals surface area contributed by atoms with Gasteiger partial charge in [0.1, 0.15) is 0 Å². The van der Waals surface area contributed by atoms with Crippen LogP contribution in [0.5, 0.6) is 0 Å². The standard InChI is InChI=1S/C10H20ClNO/c1-4-8(2)7-10(13)12-9(3)5-6-11/h8-9H,4-7H2,1-3H3,(H,12,13). The second-order valence-corrected chi connectivity index (χ2v) is 4.04. The van der Waals surface area contributed by atoms with Crippen LogP contribution in [0.15, 0.2) is 0 Å². The van der Waals surface area contributed by atoms with Crippen LogP contribution in [-0.2, 0) is 4.79 Å². The van der Waals surface area contributed by atoms with Crippen molar-refractivity contribution in [3.63, 3.8) is 0 Å². The summed E-state index contributed by atoms with van der Waals surface area (Å²) in [6.45, 7) is 6.17. The first-order valence-electron chi connectivity index (χ1n) is 4.95. The van der Waals surface area contributed by atoms with E-state index in [4.69, 9.17) is 11.6 Å². The molecule has 0 bridgehead atoms. The zero-order valence-corrected chi connectivity index (χ0v) is 9.53. The molecule has 2 nitrogen and oxygen atoms in total. The summed E-state index contributed by atoms with van der Waals surface area (Å²) >= 11 is 5.56. The maximum absolute atomic E-state index is 11.3. The Morgan fingerprint density at radius 1 is 1.46 bits per heavy atom. The number of amides is 1. The number of carbonyl (C=O) groups is 1. The number of rotatable bonds is 6. The fourth-order valence-corrected chi connectivity index (χ4v) is 1.36. The molecule has 13 heavy (non-hydrogen) atoms. The van der Waals surface area contributed by atoms with Gasteiger partial charge in [-0.1, -0.05) is 20.3 Å². The van der Waals surface area contributed by atoms with Gasteiger partial charge in [-0.3, -0.25) is 4.79 Å². The smallest absolute Gasteiger partial charge is 0.220 e. The minimum absolute atomic E-state index is 0.145. The van der Waals surface area contributed by atoms with Gasteiger partial charge in [0.2, 0.25) is 5.91 Å². The van der Waals surface area contributed by atoms with Gasteiger partial charge in [-0.25, -0.2) is 0 Å². The van der Waals surface area contributed by atoms with E-state index >= 15 is 0 Å². The van der Waals surface area contributed by atoms with E-state index in [-0.39, 0.29) is 11.9 Å². The highest BCUT2D eigenvalue weighted by Crippen LogP contribution is 2.06. The van der Waals surface area contributed by atoms with Gasteiger partial charge in [-0.15, -0.1) is 11.6 Å². The Bertz CT molecular complexity index is 150. The predicted octanol–water partition coefficient (Wildman–Crippen LogP) is 2.56. The molecule has 0 aromatic heterocycles. The van der Waals surface area contributed by atoms with Crippen LogP contribution in [0.4, 0.5) is 0 Å². The Kier molecular flexibility index (Phi) is 7.06. The third-order valence-corrected chi connectivity index (χ3v) is 2.40. The van der Waals surface area contributed by atoms with Gasteiger partial charge >= 0.3 is 0 Å². The monoisotopic (exact) mass is 205 g/mol. The van der Waals surface area contributed by atoms with Crippen molar-refractivity contribution in [2.24, 2.45) is 5.92 Å². The van der Waals surface area contributed by atoms with Crippen molar-refractivity contribution in [2.45, 2.75) is 46.1 Å². The molecule has 0 saturated heterocycles. The molecule has 78 valence electrons. The van der Waals surface area contributed by atoms with Crippen molar-refractivity contribution >= 4 is 17.5 Å². The van der Waals surface area contributed by atoms with Crippen LogP contribution in [0.25, 0.3) is 0 Å². The van der Waals surface area contributed by atoms with Gasteiger partial charge in [-0.05, 0) is 19.3 Å². The highest BCUT2D eigenvalue weighted by molar-refractivity contribution is 6.17. The van der Waals surface area contributed by atoms with Crippen LogP contribution in [0.3, 0.4) is 0 Å². The first kappa shape index (κ1) is 12.8. The van der Waals surface area contributed by atoms with Gasteiger partial charge < -0.3 is 5.32 Å². The SMILES string of the molecule is CCC(C)CC(=O)NC(C)CCCl. The molecular formula is C10H20ClNO. The van der Waals surface area contributed by atoms with Crippen LogP contribution in [0.1, 0.15) is 40.0 Å². The van der Waals surface area contributed by atoms with E-state index in [0.29, 0.717) is 18.2 Å². The van der Waals surface area contributed by atoms with Gasteiger partial charge in [-0.2, -0.15) is 0 Å². The van der Waals surface area contributed by atoms with Crippen molar-refractivity contribution in [3.8, 4) is 0 Å². The quantitative estimate of drug-likeness (QED) is 0.664. The molecule has 0 aromatic carbocycles. The third-order valence-electron chi connectivity index (χ3n) is 2.18. The molecule has 0 radical (unpaired) electrons. The summed E-state index contributed by atoms with van der Waals surface area (Å²) in [5, 5.41) is 2.92. The molecule has 1 N–H and O–H groups in total. The lowest BCUT2D eigenvalue weighted by Gasteiger charge is -2.14. The number of hydrogen-bond donors (Lipinski definition) is 1. The van der Waals surface area contributed by atoms with Crippen LogP contribution >= 0.6 is 11.6 Å². The average Bonchev–Trinajstić information content (AvgIpc) is 2.04. The van der Waals surface area contributed by atoms with E-state index in [2.05, 4.69) is 19.2 Å². The highest BCUT2D eigenvalue weighted by atomic mass is 35.5. The van der Waals surface area contributed by atoms with Crippen molar-refractivity contribution in [2.75, 3.05) is 5.88 Å². The van der Waals surface area contributed by atoms with E-state index in [0.717, 1.165) is 12.8 Å². The number of alkyl halides is 1. The average molecular weight is 206 g/mol. The topological polar surface area (TPSA) is 29.1 Å². The molecule has 0 heterocycles. The van der Waals surface area contributed by atoms with E-state index in [1.165, 1.54) is 0 Å². The van der Waals surface area contributed by atoms with Crippen molar-refractivity contribution in [1.82, 2.24) is 5.32 Å². The summed E-state index contributed by atoms with van der Waals surface area (Å²) < 4.78 is 0. The summed E-state index contributed by atoms with van der Waals surface area (Å²) in [6, 6.07) is 0.203. The van der Waals surface area contributed by atoms with Crippen LogP contribution in [0, 0.1) is 5.92 Å². The molecule has 0 aliphatic heterocycles. The molecule has 0 spiro atoms. The predicted molar refractivity (Wildman–Crippen MR) is 57.0 cm³/mol. The molecule has 3 heteroatoms. The summed E-state index contributed by atoms with van der Waals surface area (Å²) in [4.78, 5) is 11.3. The zero-order valence-electron chi connectivity index (χ0n) is 8.77. The zero-order chi connectivity index (χ0) is 10.3. The minimum atomic E-state index is 0.145. The van der Waals surface area contributed by atoms with Crippen LogP contribution in [0.2, 0.25) is 0 Å². The molecule has 0 saturated carbocycles. The van der Waals surface area contributed by atoms with Crippen LogP contribution < -0.4 is 5.32 Å².